The van der Waals surface area contributed by atoms with Crippen molar-refractivity contribution in [2.45, 2.75) is 18.8 Å². The molecule has 1 unspecified atom stereocenters. The van der Waals surface area contributed by atoms with Gasteiger partial charge in [-0.25, -0.2) is 0 Å². The highest BCUT2D eigenvalue weighted by molar-refractivity contribution is 5.82. The summed E-state index contributed by atoms with van der Waals surface area (Å²) in [6, 6.07) is 8.28. The largest absolute Gasteiger partial charge is 0.372 e. The average molecular weight is 273 g/mol. The van der Waals surface area contributed by atoms with Crippen LogP contribution in [0, 0.1) is 0 Å². The molecule has 20 heavy (non-hydrogen) atoms. The summed E-state index contributed by atoms with van der Waals surface area (Å²) in [4.78, 5) is 2.30. The number of morpholine rings is 1. The fourth-order valence-electron chi connectivity index (χ4n) is 3.19. The van der Waals surface area contributed by atoms with Gasteiger partial charge in [-0.05, 0) is 13.1 Å². The lowest BCUT2D eigenvalue weighted by Crippen LogP contribution is -2.45. The minimum atomic E-state index is -0.0149. The molecule has 4 rings (SSSR count). The predicted molar refractivity (Wildman–Crippen MR) is 75.7 cm³/mol. The Morgan fingerprint density at radius 3 is 2.90 bits per heavy atom. The van der Waals surface area contributed by atoms with Crippen LogP contribution in [0.2, 0.25) is 0 Å². The van der Waals surface area contributed by atoms with Crippen molar-refractivity contribution < 1.29 is 9.47 Å². The molecule has 2 aliphatic heterocycles. The number of aromatic nitrogens is 2. The van der Waals surface area contributed by atoms with Crippen molar-refractivity contribution in [3.8, 4) is 0 Å². The van der Waals surface area contributed by atoms with E-state index in [9.17, 15) is 0 Å². The van der Waals surface area contributed by atoms with Gasteiger partial charge >= 0.3 is 0 Å². The Hall–Kier alpha value is -1.43. The molecule has 3 heterocycles. The summed E-state index contributed by atoms with van der Waals surface area (Å²) in [5.41, 5.74) is 2.22. The summed E-state index contributed by atoms with van der Waals surface area (Å²) in [7, 11) is 2.13. The van der Waals surface area contributed by atoms with Crippen molar-refractivity contribution in [3.05, 3.63) is 30.0 Å². The van der Waals surface area contributed by atoms with Gasteiger partial charge in [-0.3, -0.25) is 4.68 Å². The molecule has 2 atom stereocenters. The Morgan fingerprint density at radius 2 is 2.00 bits per heavy atom. The lowest BCUT2D eigenvalue weighted by Gasteiger charge is -2.37. The van der Waals surface area contributed by atoms with Crippen LogP contribution >= 0.6 is 0 Å². The molecule has 0 radical (unpaired) electrons. The van der Waals surface area contributed by atoms with Crippen molar-refractivity contribution in [3.63, 3.8) is 0 Å². The number of fused-ring (bicyclic) bond motifs is 3. The fourth-order valence-corrected chi connectivity index (χ4v) is 3.19. The lowest BCUT2D eigenvalue weighted by atomic mass is 10.0. The molecule has 5 heteroatoms. The molecule has 0 amide bonds. The SMILES string of the molecule is CN1CCOC([C@@H]2OCCn3nc4ccccc4c32)C1. The van der Waals surface area contributed by atoms with Crippen LogP contribution in [0.3, 0.4) is 0 Å². The van der Waals surface area contributed by atoms with Gasteiger partial charge in [0.05, 0.1) is 31.0 Å². The number of likely N-dealkylation sites (N-methyl/N-ethyl adjacent to an activating group) is 1. The Morgan fingerprint density at radius 1 is 1.15 bits per heavy atom. The zero-order valence-electron chi connectivity index (χ0n) is 11.7. The third kappa shape index (κ3) is 1.93. The van der Waals surface area contributed by atoms with Crippen LogP contribution in [0.4, 0.5) is 0 Å². The van der Waals surface area contributed by atoms with Crippen molar-refractivity contribution in [2.24, 2.45) is 0 Å². The van der Waals surface area contributed by atoms with E-state index >= 15 is 0 Å². The topological polar surface area (TPSA) is 39.5 Å². The van der Waals surface area contributed by atoms with Gasteiger partial charge in [0, 0.05) is 18.5 Å². The molecular weight excluding hydrogens is 254 g/mol. The number of rotatable bonds is 1. The van der Waals surface area contributed by atoms with Crippen LogP contribution in [0.1, 0.15) is 11.8 Å². The second-order valence-electron chi connectivity index (χ2n) is 5.59. The van der Waals surface area contributed by atoms with Crippen LogP contribution in [-0.2, 0) is 16.0 Å². The van der Waals surface area contributed by atoms with Crippen LogP contribution in [0.5, 0.6) is 0 Å². The second kappa shape index (κ2) is 4.84. The molecule has 0 saturated carbocycles. The number of nitrogens with zero attached hydrogens (tertiary/aromatic N) is 3. The van der Waals surface area contributed by atoms with E-state index in [4.69, 9.17) is 9.47 Å². The third-order valence-corrected chi connectivity index (χ3v) is 4.19. The highest BCUT2D eigenvalue weighted by Crippen LogP contribution is 2.33. The molecule has 0 N–H and O–H groups in total. The van der Waals surface area contributed by atoms with Crippen molar-refractivity contribution in [2.75, 3.05) is 33.4 Å². The van der Waals surface area contributed by atoms with E-state index in [0.29, 0.717) is 6.61 Å². The van der Waals surface area contributed by atoms with Gasteiger partial charge in [-0.2, -0.15) is 5.10 Å². The zero-order chi connectivity index (χ0) is 13.5. The van der Waals surface area contributed by atoms with E-state index < -0.39 is 0 Å². The number of hydrogen-bond donors (Lipinski definition) is 0. The van der Waals surface area contributed by atoms with Gasteiger partial charge in [-0.15, -0.1) is 0 Å². The smallest absolute Gasteiger partial charge is 0.127 e. The molecule has 2 aromatic rings. The molecule has 5 nitrogen and oxygen atoms in total. The highest BCUT2D eigenvalue weighted by atomic mass is 16.5. The molecule has 1 aromatic carbocycles. The van der Waals surface area contributed by atoms with Gasteiger partial charge in [0.1, 0.15) is 12.2 Å². The van der Waals surface area contributed by atoms with E-state index in [1.54, 1.807) is 0 Å². The second-order valence-corrected chi connectivity index (χ2v) is 5.59. The van der Waals surface area contributed by atoms with Crippen molar-refractivity contribution >= 4 is 10.9 Å². The summed E-state index contributed by atoms with van der Waals surface area (Å²) >= 11 is 0. The fraction of sp³-hybridized carbons (Fsp3) is 0.533. The molecule has 0 spiro atoms. The maximum atomic E-state index is 6.05. The van der Waals surface area contributed by atoms with Crippen LogP contribution in [-0.4, -0.2) is 54.1 Å². The van der Waals surface area contributed by atoms with E-state index in [1.807, 2.05) is 6.07 Å². The maximum Gasteiger partial charge on any atom is 0.127 e. The molecule has 2 aliphatic rings. The Kier molecular flexibility index (Phi) is 2.98. The molecule has 1 aromatic heterocycles. The first-order valence-corrected chi connectivity index (χ1v) is 7.20. The summed E-state index contributed by atoms with van der Waals surface area (Å²) in [5, 5.41) is 5.87. The number of ether oxygens (including phenoxy) is 2. The molecule has 1 saturated heterocycles. The van der Waals surface area contributed by atoms with E-state index in [-0.39, 0.29) is 12.2 Å². The number of hydrogen-bond acceptors (Lipinski definition) is 4. The standard InChI is InChI=1S/C15H19N3O2/c1-17-6-8-19-13(10-17)15-14-11-4-2-3-5-12(11)16-18(14)7-9-20-15/h2-5,13,15H,6-10H2,1H3/t13?,15-/m0/s1. The maximum absolute atomic E-state index is 6.05. The summed E-state index contributed by atoms with van der Waals surface area (Å²) in [5.74, 6) is 0. The Balaban J connectivity index is 1.77. The minimum Gasteiger partial charge on any atom is -0.372 e. The quantitative estimate of drug-likeness (QED) is 0.788. The van der Waals surface area contributed by atoms with Crippen molar-refractivity contribution in [1.82, 2.24) is 14.7 Å². The summed E-state index contributed by atoms with van der Waals surface area (Å²) in [6.45, 7) is 4.19. The first-order chi connectivity index (χ1) is 9.83. The van der Waals surface area contributed by atoms with Gasteiger partial charge < -0.3 is 14.4 Å². The van der Waals surface area contributed by atoms with Gasteiger partial charge in [0.15, 0.2) is 0 Å². The van der Waals surface area contributed by atoms with E-state index in [0.717, 1.165) is 31.8 Å². The van der Waals surface area contributed by atoms with Gasteiger partial charge in [0.25, 0.3) is 0 Å². The molecule has 106 valence electrons. The first-order valence-electron chi connectivity index (χ1n) is 7.20. The van der Waals surface area contributed by atoms with Gasteiger partial charge in [-0.1, -0.05) is 18.2 Å². The minimum absolute atomic E-state index is 0.0149. The Bertz CT molecular complexity index is 625. The zero-order valence-corrected chi connectivity index (χ0v) is 11.7. The molecular formula is C15H19N3O2. The van der Waals surface area contributed by atoms with Crippen molar-refractivity contribution in [1.29, 1.82) is 0 Å². The monoisotopic (exact) mass is 273 g/mol. The molecule has 0 aliphatic carbocycles. The normalized spacial score (nSPS) is 27.6. The van der Waals surface area contributed by atoms with E-state index in [1.165, 1.54) is 11.1 Å². The highest BCUT2D eigenvalue weighted by Gasteiger charge is 2.34. The first kappa shape index (κ1) is 12.3. The third-order valence-electron chi connectivity index (χ3n) is 4.19. The van der Waals surface area contributed by atoms with Gasteiger partial charge in [0.2, 0.25) is 0 Å². The summed E-state index contributed by atoms with van der Waals surface area (Å²) < 4.78 is 14.1. The van der Waals surface area contributed by atoms with Crippen LogP contribution in [0.15, 0.2) is 24.3 Å². The lowest BCUT2D eigenvalue weighted by molar-refractivity contribution is -0.121. The molecule has 0 bridgehead atoms. The van der Waals surface area contributed by atoms with Crippen LogP contribution < -0.4 is 0 Å². The summed E-state index contributed by atoms with van der Waals surface area (Å²) in [6.07, 6.45) is 0.0757. The Labute approximate surface area is 118 Å². The average Bonchev–Trinajstić information content (AvgIpc) is 2.85. The van der Waals surface area contributed by atoms with E-state index in [2.05, 4.69) is 39.9 Å². The molecule has 1 fully saturated rings. The number of benzene rings is 1. The predicted octanol–water partition coefficient (Wildman–Crippen LogP) is 1.44. The van der Waals surface area contributed by atoms with Crippen LogP contribution in [0.25, 0.3) is 10.9 Å².